The third-order valence-electron chi connectivity index (χ3n) is 4.56. The Morgan fingerprint density at radius 1 is 1.20 bits per heavy atom. The molecule has 4 nitrogen and oxygen atoms in total. The molecule has 1 unspecified atom stereocenters. The highest BCUT2D eigenvalue weighted by Crippen LogP contribution is 2.38. The van der Waals surface area contributed by atoms with Crippen LogP contribution in [0.15, 0.2) is 24.3 Å². The number of nitrogens with zero attached hydrogens (tertiary/aromatic N) is 1. The van der Waals surface area contributed by atoms with Gasteiger partial charge in [0.1, 0.15) is 6.04 Å². The molecule has 106 valence electrons. The number of rotatable bonds is 3. The Labute approximate surface area is 118 Å². The SMILES string of the molecule is O=CC(=O)C1c2ccccc2CN1C1CCC(O)CC1. The Kier molecular flexibility index (Phi) is 3.68. The third kappa shape index (κ3) is 2.30. The molecule has 0 aromatic heterocycles. The molecule has 1 saturated carbocycles. The molecule has 1 aliphatic heterocycles. The first-order valence-electron chi connectivity index (χ1n) is 7.21. The normalized spacial score (nSPS) is 29.9. The molecule has 0 spiro atoms. The van der Waals surface area contributed by atoms with E-state index in [-0.39, 0.29) is 17.9 Å². The highest BCUT2D eigenvalue weighted by Gasteiger charge is 2.39. The van der Waals surface area contributed by atoms with Crippen LogP contribution in [0.25, 0.3) is 0 Å². The molecular formula is C16H19NO3. The van der Waals surface area contributed by atoms with E-state index in [0.29, 0.717) is 6.29 Å². The largest absolute Gasteiger partial charge is 0.393 e. The van der Waals surface area contributed by atoms with Crippen LogP contribution in [0.4, 0.5) is 0 Å². The summed E-state index contributed by atoms with van der Waals surface area (Å²) < 4.78 is 0. The van der Waals surface area contributed by atoms with Gasteiger partial charge in [-0.15, -0.1) is 0 Å². The fourth-order valence-electron chi connectivity index (χ4n) is 3.52. The number of carbonyl (C=O) groups excluding carboxylic acids is 2. The maximum atomic E-state index is 12.0. The number of ketones is 1. The van der Waals surface area contributed by atoms with Crippen LogP contribution in [-0.2, 0) is 16.1 Å². The molecule has 0 amide bonds. The Bertz CT molecular complexity index is 520. The number of Topliss-reactive ketones (excluding diaryl/α,β-unsaturated/α-hetero) is 1. The Hall–Kier alpha value is -1.52. The minimum absolute atomic E-state index is 0.212. The summed E-state index contributed by atoms with van der Waals surface area (Å²) in [4.78, 5) is 25.1. The van der Waals surface area contributed by atoms with Crippen molar-refractivity contribution in [3.8, 4) is 0 Å². The first kappa shape index (κ1) is 13.5. The molecule has 1 N–H and O–H groups in total. The predicted molar refractivity (Wildman–Crippen MR) is 74.1 cm³/mol. The van der Waals surface area contributed by atoms with Gasteiger partial charge in [0.05, 0.1) is 6.10 Å². The van der Waals surface area contributed by atoms with E-state index in [4.69, 9.17) is 0 Å². The quantitative estimate of drug-likeness (QED) is 0.671. The van der Waals surface area contributed by atoms with Crippen LogP contribution in [0.2, 0.25) is 0 Å². The number of carbonyl (C=O) groups is 2. The lowest BCUT2D eigenvalue weighted by atomic mass is 9.91. The zero-order chi connectivity index (χ0) is 14.1. The Morgan fingerprint density at radius 2 is 1.90 bits per heavy atom. The topological polar surface area (TPSA) is 57.6 Å². The number of hydrogen-bond acceptors (Lipinski definition) is 4. The van der Waals surface area contributed by atoms with E-state index in [1.165, 1.54) is 0 Å². The van der Waals surface area contributed by atoms with Gasteiger partial charge in [0, 0.05) is 12.6 Å². The molecule has 1 aliphatic carbocycles. The van der Waals surface area contributed by atoms with Crippen molar-refractivity contribution < 1.29 is 14.7 Å². The van der Waals surface area contributed by atoms with E-state index in [1.807, 2.05) is 24.3 Å². The van der Waals surface area contributed by atoms with Gasteiger partial charge in [-0.2, -0.15) is 0 Å². The monoisotopic (exact) mass is 273 g/mol. The number of aldehydes is 1. The number of aliphatic hydroxyl groups is 1. The van der Waals surface area contributed by atoms with Gasteiger partial charge in [-0.05, 0) is 36.8 Å². The molecule has 20 heavy (non-hydrogen) atoms. The van der Waals surface area contributed by atoms with Crippen molar-refractivity contribution in [1.29, 1.82) is 0 Å². The standard InChI is InChI=1S/C16H19NO3/c18-10-15(20)16-14-4-2-1-3-11(14)9-17(16)12-5-7-13(19)8-6-12/h1-4,10,12-13,16,19H,5-9H2. The minimum atomic E-state index is -0.427. The van der Waals surface area contributed by atoms with Crippen LogP contribution in [0.5, 0.6) is 0 Å². The van der Waals surface area contributed by atoms with Gasteiger partial charge in [0.25, 0.3) is 0 Å². The van der Waals surface area contributed by atoms with Crippen molar-refractivity contribution in [2.75, 3.05) is 0 Å². The van der Waals surface area contributed by atoms with Gasteiger partial charge in [0.2, 0.25) is 5.78 Å². The van der Waals surface area contributed by atoms with Gasteiger partial charge < -0.3 is 5.11 Å². The summed E-state index contributed by atoms with van der Waals surface area (Å²) in [6.07, 6.45) is 3.56. The molecule has 2 aliphatic rings. The van der Waals surface area contributed by atoms with Crippen LogP contribution in [-0.4, -0.2) is 34.2 Å². The van der Waals surface area contributed by atoms with Crippen LogP contribution >= 0.6 is 0 Å². The summed E-state index contributed by atoms with van der Waals surface area (Å²) in [5.41, 5.74) is 2.11. The van der Waals surface area contributed by atoms with Crippen LogP contribution in [0.3, 0.4) is 0 Å². The van der Waals surface area contributed by atoms with Crippen molar-refractivity contribution in [3.63, 3.8) is 0 Å². The summed E-state index contributed by atoms with van der Waals surface area (Å²) in [7, 11) is 0. The zero-order valence-corrected chi connectivity index (χ0v) is 11.4. The van der Waals surface area contributed by atoms with E-state index in [0.717, 1.165) is 43.4 Å². The number of hydrogen-bond donors (Lipinski definition) is 1. The second-order valence-corrected chi connectivity index (χ2v) is 5.76. The first-order valence-corrected chi connectivity index (χ1v) is 7.21. The fraction of sp³-hybridized carbons (Fsp3) is 0.500. The van der Waals surface area contributed by atoms with Crippen LogP contribution in [0.1, 0.15) is 42.9 Å². The average molecular weight is 273 g/mol. The smallest absolute Gasteiger partial charge is 0.216 e. The Balaban J connectivity index is 1.88. The van der Waals surface area contributed by atoms with Crippen molar-refractivity contribution in [2.45, 2.75) is 50.4 Å². The summed E-state index contributed by atoms with van der Waals surface area (Å²) in [5, 5.41) is 9.62. The lowest BCUT2D eigenvalue weighted by Crippen LogP contribution is -2.40. The van der Waals surface area contributed by atoms with Crippen molar-refractivity contribution in [3.05, 3.63) is 35.4 Å². The highest BCUT2D eigenvalue weighted by atomic mass is 16.3. The molecule has 3 rings (SSSR count). The van der Waals surface area contributed by atoms with Crippen LogP contribution < -0.4 is 0 Å². The highest BCUT2D eigenvalue weighted by molar-refractivity contribution is 6.27. The second-order valence-electron chi connectivity index (χ2n) is 5.76. The van der Waals surface area contributed by atoms with E-state index < -0.39 is 6.04 Å². The maximum Gasteiger partial charge on any atom is 0.216 e. The molecule has 0 bridgehead atoms. The number of benzene rings is 1. The third-order valence-corrected chi connectivity index (χ3v) is 4.56. The van der Waals surface area contributed by atoms with E-state index in [9.17, 15) is 14.7 Å². The summed E-state index contributed by atoms with van der Waals surface area (Å²) in [5.74, 6) is -0.360. The second kappa shape index (κ2) is 5.46. The summed E-state index contributed by atoms with van der Waals surface area (Å²) in [6, 6.07) is 7.70. The average Bonchev–Trinajstić information content (AvgIpc) is 2.86. The predicted octanol–water partition coefficient (Wildman–Crippen LogP) is 1.61. The first-order chi connectivity index (χ1) is 9.70. The fourth-order valence-corrected chi connectivity index (χ4v) is 3.52. The molecule has 0 radical (unpaired) electrons. The summed E-state index contributed by atoms with van der Waals surface area (Å²) >= 11 is 0. The molecule has 1 heterocycles. The van der Waals surface area contributed by atoms with Crippen molar-refractivity contribution >= 4 is 12.1 Å². The van der Waals surface area contributed by atoms with E-state index in [2.05, 4.69) is 4.90 Å². The molecule has 0 saturated heterocycles. The molecule has 4 heteroatoms. The van der Waals surface area contributed by atoms with Gasteiger partial charge in [-0.1, -0.05) is 24.3 Å². The number of fused-ring (bicyclic) bond motifs is 1. The molecular weight excluding hydrogens is 254 g/mol. The minimum Gasteiger partial charge on any atom is -0.393 e. The van der Waals surface area contributed by atoms with Crippen molar-refractivity contribution in [2.24, 2.45) is 0 Å². The summed E-state index contributed by atoms with van der Waals surface area (Å²) in [6.45, 7) is 0.723. The lowest BCUT2D eigenvalue weighted by Gasteiger charge is -2.35. The molecule has 1 atom stereocenters. The van der Waals surface area contributed by atoms with Gasteiger partial charge >= 0.3 is 0 Å². The van der Waals surface area contributed by atoms with Gasteiger partial charge in [-0.3, -0.25) is 14.5 Å². The van der Waals surface area contributed by atoms with E-state index in [1.54, 1.807) is 0 Å². The van der Waals surface area contributed by atoms with Gasteiger partial charge in [0.15, 0.2) is 6.29 Å². The van der Waals surface area contributed by atoms with Crippen LogP contribution in [0, 0.1) is 0 Å². The van der Waals surface area contributed by atoms with Crippen molar-refractivity contribution in [1.82, 2.24) is 4.90 Å². The number of aliphatic hydroxyl groups excluding tert-OH is 1. The van der Waals surface area contributed by atoms with Gasteiger partial charge in [-0.25, -0.2) is 0 Å². The Morgan fingerprint density at radius 3 is 2.60 bits per heavy atom. The maximum absolute atomic E-state index is 12.0. The zero-order valence-electron chi connectivity index (χ0n) is 11.4. The van der Waals surface area contributed by atoms with E-state index >= 15 is 0 Å². The molecule has 1 aromatic carbocycles. The molecule has 1 fully saturated rings. The lowest BCUT2D eigenvalue weighted by molar-refractivity contribution is -0.134. The molecule has 1 aromatic rings.